The molecule has 1 aliphatic carbocycles. The summed E-state index contributed by atoms with van der Waals surface area (Å²) in [4.78, 5) is 11.0. The molecule has 0 radical (unpaired) electrons. The number of halogens is 1. The van der Waals surface area contributed by atoms with Crippen LogP contribution in [0.3, 0.4) is 0 Å². The number of nitrogens with one attached hydrogen (secondary N) is 1. The molecule has 0 bridgehead atoms. The molecule has 0 spiro atoms. The SMILES string of the molecule is COCCN(C)CCNc1cc(Cl)nc(C2CC2)n1. The minimum Gasteiger partial charge on any atom is -0.383 e. The van der Waals surface area contributed by atoms with Gasteiger partial charge in [-0.1, -0.05) is 11.6 Å². The number of ether oxygens (including phenoxy) is 1. The first kappa shape index (κ1) is 14.5. The minimum atomic E-state index is 0.517. The molecule has 1 heterocycles. The van der Waals surface area contributed by atoms with Gasteiger partial charge in [-0.15, -0.1) is 0 Å². The van der Waals surface area contributed by atoms with Gasteiger partial charge < -0.3 is 15.0 Å². The molecule has 19 heavy (non-hydrogen) atoms. The van der Waals surface area contributed by atoms with Crippen molar-refractivity contribution in [3.05, 3.63) is 17.0 Å². The molecule has 1 N–H and O–H groups in total. The number of rotatable bonds is 8. The first-order valence-corrected chi connectivity index (χ1v) is 7.02. The molecule has 0 unspecified atom stereocenters. The van der Waals surface area contributed by atoms with Gasteiger partial charge in [0.05, 0.1) is 6.61 Å². The predicted octanol–water partition coefficient (Wildman–Crippen LogP) is 2.00. The third kappa shape index (κ3) is 4.93. The van der Waals surface area contributed by atoms with E-state index in [1.54, 1.807) is 13.2 Å². The van der Waals surface area contributed by atoms with Crippen molar-refractivity contribution in [1.29, 1.82) is 0 Å². The van der Waals surface area contributed by atoms with E-state index in [1.165, 1.54) is 12.8 Å². The summed E-state index contributed by atoms with van der Waals surface area (Å²) in [7, 11) is 3.79. The number of aromatic nitrogens is 2. The van der Waals surface area contributed by atoms with Crippen molar-refractivity contribution in [2.45, 2.75) is 18.8 Å². The first-order valence-electron chi connectivity index (χ1n) is 6.65. The molecule has 0 amide bonds. The van der Waals surface area contributed by atoms with Crippen molar-refractivity contribution in [2.24, 2.45) is 0 Å². The summed E-state index contributed by atoms with van der Waals surface area (Å²) < 4.78 is 5.04. The molecular weight excluding hydrogens is 264 g/mol. The Kier molecular flexibility index (Phi) is 5.36. The fourth-order valence-electron chi connectivity index (χ4n) is 1.78. The van der Waals surface area contributed by atoms with Gasteiger partial charge in [-0.2, -0.15) is 0 Å². The van der Waals surface area contributed by atoms with Crippen molar-refractivity contribution in [1.82, 2.24) is 14.9 Å². The monoisotopic (exact) mass is 284 g/mol. The zero-order valence-corrected chi connectivity index (χ0v) is 12.3. The van der Waals surface area contributed by atoms with Crippen molar-refractivity contribution in [2.75, 3.05) is 45.7 Å². The van der Waals surface area contributed by atoms with Gasteiger partial charge in [0, 0.05) is 38.7 Å². The lowest BCUT2D eigenvalue weighted by molar-refractivity contribution is 0.163. The third-order valence-corrected chi connectivity index (χ3v) is 3.33. The van der Waals surface area contributed by atoms with Crippen LogP contribution in [-0.4, -0.2) is 55.3 Å². The van der Waals surface area contributed by atoms with Crippen LogP contribution >= 0.6 is 11.6 Å². The second-order valence-electron chi connectivity index (χ2n) is 4.93. The summed E-state index contributed by atoms with van der Waals surface area (Å²) in [5.41, 5.74) is 0. The molecule has 0 aliphatic heterocycles. The zero-order chi connectivity index (χ0) is 13.7. The van der Waals surface area contributed by atoms with Crippen LogP contribution in [0.15, 0.2) is 6.07 Å². The Morgan fingerprint density at radius 2 is 2.21 bits per heavy atom. The van der Waals surface area contributed by atoms with Crippen LogP contribution in [0.4, 0.5) is 5.82 Å². The molecule has 0 atom stereocenters. The fraction of sp³-hybridized carbons (Fsp3) is 0.692. The van der Waals surface area contributed by atoms with Crippen molar-refractivity contribution in [3.63, 3.8) is 0 Å². The second-order valence-corrected chi connectivity index (χ2v) is 5.32. The van der Waals surface area contributed by atoms with Crippen LogP contribution in [0.1, 0.15) is 24.6 Å². The Balaban J connectivity index is 1.79. The molecule has 1 fully saturated rings. The molecule has 0 aromatic carbocycles. The van der Waals surface area contributed by atoms with Gasteiger partial charge in [-0.05, 0) is 19.9 Å². The summed E-state index contributed by atoms with van der Waals surface area (Å²) in [5.74, 6) is 2.22. The highest BCUT2D eigenvalue weighted by Crippen LogP contribution is 2.38. The number of hydrogen-bond donors (Lipinski definition) is 1. The van der Waals surface area contributed by atoms with Crippen LogP contribution in [-0.2, 0) is 4.74 Å². The van der Waals surface area contributed by atoms with Crippen molar-refractivity contribution < 1.29 is 4.74 Å². The summed E-state index contributed by atoms with van der Waals surface area (Å²) in [6.45, 7) is 3.44. The fourth-order valence-corrected chi connectivity index (χ4v) is 1.97. The van der Waals surface area contributed by atoms with Gasteiger partial charge in [0.2, 0.25) is 0 Å². The molecule has 6 heteroatoms. The van der Waals surface area contributed by atoms with Gasteiger partial charge in [0.15, 0.2) is 0 Å². The second kappa shape index (κ2) is 7.03. The van der Waals surface area contributed by atoms with E-state index in [-0.39, 0.29) is 0 Å². The lowest BCUT2D eigenvalue weighted by Crippen LogP contribution is -2.28. The van der Waals surface area contributed by atoms with Gasteiger partial charge in [-0.3, -0.25) is 0 Å². The van der Waals surface area contributed by atoms with Crippen LogP contribution in [0.2, 0.25) is 5.15 Å². The maximum absolute atomic E-state index is 6.01. The van der Waals surface area contributed by atoms with E-state index in [9.17, 15) is 0 Å². The van der Waals surface area contributed by atoms with Crippen LogP contribution in [0.25, 0.3) is 0 Å². The number of nitrogens with zero attached hydrogens (tertiary/aromatic N) is 3. The Hall–Kier alpha value is -0.910. The normalized spacial score (nSPS) is 14.9. The standard InChI is InChI=1S/C13H21ClN4O/c1-18(7-8-19-2)6-5-15-12-9-11(14)16-13(17-12)10-3-4-10/h9-10H,3-8H2,1-2H3,(H,15,16,17). The van der Waals surface area contributed by atoms with Crippen LogP contribution < -0.4 is 5.32 Å². The minimum absolute atomic E-state index is 0.517. The Morgan fingerprint density at radius 3 is 2.89 bits per heavy atom. The van der Waals surface area contributed by atoms with Gasteiger partial charge in [0.25, 0.3) is 0 Å². The third-order valence-electron chi connectivity index (χ3n) is 3.13. The zero-order valence-electron chi connectivity index (χ0n) is 11.5. The van der Waals surface area contributed by atoms with Gasteiger partial charge in [0.1, 0.15) is 16.8 Å². The average molecular weight is 285 g/mol. The number of anilines is 1. The van der Waals surface area contributed by atoms with Gasteiger partial charge in [-0.25, -0.2) is 9.97 Å². The number of methoxy groups -OCH3 is 1. The molecule has 1 saturated carbocycles. The molecule has 1 aliphatic rings. The summed E-state index contributed by atoms with van der Waals surface area (Å²) in [5, 5.41) is 3.82. The van der Waals surface area contributed by atoms with E-state index in [0.29, 0.717) is 11.1 Å². The molecule has 106 valence electrons. The smallest absolute Gasteiger partial charge is 0.135 e. The van der Waals surface area contributed by atoms with E-state index in [0.717, 1.165) is 37.9 Å². The highest BCUT2D eigenvalue weighted by atomic mass is 35.5. The van der Waals surface area contributed by atoms with E-state index < -0.39 is 0 Å². The lowest BCUT2D eigenvalue weighted by Gasteiger charge is -2.16. The highest BCUT2D eigenvalue weighted by molar-refractivity contribution is 6.29. The summed E-state index contributed by atoms with van der Waals surface area (Å²) >= 11 is 6.01. The average Bonchev–Trinajstić information content (AvgIpc) is 3.20. The number of hydrogen-bond acceptors (Lipinski definition) is 5. The van der Waals surface area contributed by atoms with Crippen molar-refractivity contribution >= 4 is 17.4 Å². The van der Waals surface area contributed by atoms with Crippen LogP contribution in [0.5, 0.6) is 0 Å². The predicted molar refractivity (Wildman–Crippen MR) is 76.9 cm³/mol. The summed E-state index contributed by atoms with van der Waals surface area (Å²) in [6, 6.07) is 1.78. The van der Waals surface area contributed by atoms with E-state index in [4.69, 9.17) is 16.3 Å². The Bertz CT molecular complexity index is 412. The maximum Gasteiger partial charge on any atom is 0.135 e. The summed E-state index contributed by atoms with van der Waals surface area (Å²) in [6.07, 6.45) is 2.36. The molecule has 0 saturated heterocycles. The molecule has 5 nitrogen and oxygen atoms in total. The quantitative estimate of drug-likeness (QED) is 0.740. The van der Waals surface area contributed by atoms with Crippen molar-refractivity contribution in [3.8, 4) is 0 Å². The van der Waals surface area contributed by atoms with Gasteiger partial charge >= 0.3 is 0 Å². The molecule has 1 aromatic heterocycles. The lowest BCUT2D eigenvalue weighted by atomic mass is 10.4. The highest BCUT2D eigenvalue weighted by Gasteiger charge is 2.27. The Labute approximate surface area is 119 Å². The topological polar surface area (TPSA) is 50.3 Å². The molecular formula is C13H21ClN4O. The van der Waals surface area contributed by atoms with E-state index in [1.807, 2.05) is 0 Å². The first-order chi connectivity index (χ1) is 9.19. The van der Waals surface area contributed by atoms with Crippen LogP contribution in [0, 0.1) is 0 Å². The molecule has 1 aromatic rings. The molecule has 2 rings (SSSR count). The Morgan fingerprint density at radius 1 is 1.42 bits per heavy atom. The maximum atomic E-state index is 6.01. The largest absolute Gasteiger partial charge is 0.383 e. The number of likely N-dealkylation sites (N-methyl/N-ethyl adjacent to an activating group) is 1. The van der Waals surface area contributed by atoms with E-state index in [2.05, 4.69) is 27.2 Å². The van der Waals surface area contributed by atoms with E-state index >= 15 is 0 Å².